The van der Waals surface area contributed by atoms with E-state index in [4.69, 9.17) is 12.2 Å². The maximum absolute atomic E-state index is 12.6. The van der Waals surface area contributed by atoms with Crippen molar-refractivity contribution in [1.29, 1.82) is 0 Å². The monoisotopic (exact) mass is 437 g/mol. The van der Waals surface area contributed by atoms with Gasteiger partial charge in [-0.25, -0.2) is 4.68 Å². The van der Waals surface area contributed by atoms with Crippen molar-refractivity contribution in [3.63, 3.8) is 0 Å². The van der Waals surface area contributed by atoms with Crippen molar-refractivity contribution in [2.75, 3.05) is 5.32 Å². The second-order valence-electron chi connectivity index (χ2n) is 7.39. The van der Waals surface area contributed by atoms with Crippen LogP contribution in [0.1, 0.15) is 39.8 Å². The van der Waals surface area contributed by atoms with Gasteiger partial charge >= 0.3 is 0 Å². The van der Waals surface area contributed by atoms with Crippen LogP contribution in [-0.2, 0) is 24.4 Å². The van der Waals surface area contributed by atoms with E-state index in [1.54, 1.807) is 6.07 Å². The summed E-state index contributed by atoms with van der Waals surface area (Å²) >= 11 is 5.51. The third-order valence-electron chi connectivity index (χ3n) is 5.28. The number of hydrogen-bond donors (Lipinski definition) is 2. The normalized spacial score (nSPS) is 10.7. The first kappa shape index (κ1) is 22.4. The van der Waals surface area contributed by atoms with Crippen molar-refractivity contribution in [3.8, 4) is 0 Å². The lowest BCUT2D eigenvalue weighted by Crippen LogP contribution is -2.25. The molecule has 0 aliphatic heterocycles. The lowest BCUT2D eigenvalue weighted by Gasteiger charge is -2.10. The highest BCUT2D eigenvalue weighted by Gasteiger charge is 2.15. The number of rotatable bonds is 7. The molecule has 31 heavy (non-hydrogen) atoms. The molecule has 2 N–H and O–H groups in total. The first-order chi connectivity index (χ1) is 14.8. The predicted molar refractivity (Wildman–Crippen MR) is 124 cm³/mol. The van der Waals surface area contributed by atoms with Crippen molar-refractivity contribution in [3.05, 3.63) is 75.3 Å². The SMILES string of the molecule is CCn1c(CNC(=O)c2ccccc2C)nn(CC(=O)Nc2cccc(C)c2C)c1=S. The zero-order chi connectivity index (χ0) is 22.5. The Hall–Kier alpha value is -3.26. The Bertz CT molecular complexity index is 1180. The van der Waals surface area contributed by atoms with Crippen LogP contribution in [0.4, 0.5) is 5.69 Å². The molecule has 7 nitrogen and oxygen atoms in total. The van der Waals surface area contributed by atoms with E-state index in [0.717, 1.165) is 22.4 Å². The summed E-state index contributed by atoms with van der Waals surface area (Å²) < 4.78 is 3.76. The summed E-state index contributed by atoms with van der Waals surface area (Å²) in [5.41, 5.74) is 4.43. The van der Waals surface area contributed by atoms with Gasteiger partial charge in [0.2, 0.25) is 5.91 Å². The van der Waals surface area contributed by atoms with E-state index in [9.17, 15) is 9.59 Å². The molecule has 0 fully saturated rings. The van der Waals surface area contributed by atoms with Crippen molar-refractivity contribution in [1.82, 2.24) is 19.7 Å². The summed E-state index contributed by atoms with van der Waals surface area (Å²) in [6, 6.07) is 13.2. The van der Waals surface area contributed by atoms with Gasteiger partial charge in [-0.15, -0.1) is 0 Å². The molecule has 162 valence electrons. The van der Waals surface area contributed by atoms with Crippen molar-refractivity contribution < 1.29 is 9.59 Å². The number of carbonyl (C=O) groups is 2. The molecule has 8 heteroatoms. The zero-order valence-electron chi connectivity index (χ0n) is 18.2. The Morgan fingerprint density at radius 1 is 1.03 bits per heavy atom. The van der Waals surface area contributed by atoms with Crippen LogP contribution in [0, 0.1) is 25.5 Å². The molecule has 0 bridgehead atoms. The number of hydrogen-bond acceptors (Lipinski definition) is 4. The molecule has 1 heterocycles. The molecule has 0 radical (unpaired) electrons. The van der Waals surface area contributed by atoms with Crippen LogP contribution in [0.15, 0.2) is 42.5 Å². The fraction of sp³-hybridized carbons (Fsp3) is 0.304. The van der Waals surface area contributed by atoms with Gasteiger partial charge in [-0.05, 0) is 68.7 Å². The van der Waals surface area contributed by atoms with Gasteiger partial charge in [0, 0.05) is 17.8 Å². The smallest absolute Gasteiger partial charge is 0.251 e. The van der Waals surface area contributed by atoms with E-state index in [1.165, 1.54) is 4.68 Å². The van der Waals surface area contributed by atoms with Crippen LogP contribution in [0.3, 0.4) is 0 Å². The van der Waals surface area contributed by atoms with Gasteiger partial charge in [-0.3, -0.25) is 9.59 Å². The van der Waals surface area contributed by atoms with Gasteiger partial charge < -0.3 is 15.2 Å². The lowest BCUT2D eigenvalue weighted by atomic mass is 10.1. The van der Waals surface area contributed by atoms with Gasteiger partial charge in [0.1, 0.15) is 6.54 Å². The Balaban J connectivity index is 1.72. The number of anilines is 1. The Kier molecular flexibility index (Phi) is 7.02. The number of nitrogens with zero attached hydrogens (tertiary/aromatic N) is 3. The van der Waals surface area contributed by atoms with E-state index in [1.807, 2.05) is 68.7 Å². The Morgan fingerprint density at radius 2 is 1.74 bits per heavy atom. The summed E-state index contributed by atoms with van der Waals surface area (Å²) in [6.45, 7) is 8.62. The summed E-state index contributed by atoms with van der Waals surface area (Å²) in [4.78, 5) is 25.1. The van der Waals surface area contributed by atoms with Gasteiger partial charge in [0.25, 0.3) is 5.91 Å². The molecular formula is C23H27N5O2S. The molecule has 0 saturated carbocycles. The van der Waals surface area contributed by atoms with Crippen LogP contribution in [0.2, 0.25) is 0 Å². The maximum atomic E-state index is 12.6. The number of amides is 2. The van der Waals surface area contributed by atoms with Crippen LogP contribution in [0.5, 0.6) is 0 Å². The van der Waals surface area contributed by atoms with Crippen LogP contribution in [-0.4, -0.2) is 26.2 Å². The third kappa shape index (κ3) is 5.08. The minimum atomic E-state index is -0.207. The molecule has 3 aromatic rings. The molecule has 3 rings (SSSR count). The van der Waals surface area contributed by atoms with Gasteiger partial charge in [0.05, 0.1) is 6.54 Å². The molecule has 0 unspecified atom stereocenters. The van der Waals surface area contributed by atoms with Crippen molar-refractivity contribution in [2.24, 2.45) is 0 Å². The summed E-state index contributed by atoms with van der Waals surface area (Å²) in [5, 5.41) is 10.3. The fourth-order valence-electron chi connectivity index (χ4n) is 3.33. The molecule has 0 aliphatic rings. The molecule has 0 saturated heterocycles. The highest BCUT2D eigenvalue weighted by Crippen LogP contribution is 2.18. The van der Waals surface area contributed by atoms with Gasteiger partial charge in [-0.2, -0.15) is 5.10 Å². The second-order valence-corrected chi connectivity index (χ2v) is 7.76. The van der Waals surface area contributed by atoms with Gasteiger partial charge in [-0.1, -0.05) is 30.3 Å². The lowest BCUT2D eigenvalue weighted by molar-refractivity contribution is -0.116. The van der Waals surface area contributed by atoms with Crippen molar-refractivity contribution in [2.45, 2.75) is 47.3 Å². The molecule has 0 spiro atoms. The average Bonchev–Trinajstić information content (AvgIpc) is 3.04. The van der Waals surface area contributed by atoms with Crippen LogP contribution in [0.25, 0.3) is 0 Å². The summed E-state index contributed by atoms with van der Waals surface area (Å²) in [7, 11) is 0. The van der Waals surface area contributed by atoms with Crippen LogP contribution >= 0.6 is 12.2 Å². The van der Waals surface area contributed by atoms with E-state index in [2.05, 4.69) is 15.7 Å². The quantitative estimate of drug-likeness (QED) is 0.549. The fourth-order valence-corrected chi connectivity index (χ4v) is 3.67. The second kappa shape index (κ2) is 9.70. The first-order valence-electron chi connectivity index (χ1n) is 10.2. The number of nitrogens with one attached hydrogen (secondary N) is 2. The molecular weight excluding hydrogens is 410 g/mol. The Labute approximate surface area is 187 Å². The summed E-state index contributed by atoms with van der Waals surface area (Å²) in [5.74, 6) is 0.226. The number of aromatic nitrogens is 3. The highest BCUT2D eigenvalue weighted by molar-refractivity contribution is 7.71. The molecule has 1 aromatic heterocycles. The Morgan fingerprint density at radius 3 is 2.45 bits per heavy atom. The van der Waals surface area contributed by atoms with Crippen LogP contribution < -0.4 is 10.6 Å². The predicted octanol–water partition coefficient (Wildman–Crippen LogP) is 3.93. The summed E-state index contributed by atoms with van der Waals surface area (Å²) in [6.07, 6.45) is 0. The largest absolute Gasteiger partial charge is 0.345 e. The number of benzene rings is 2. The highest BCUT2D eigenvalue weighted by atomic mass is 32.1. The van der Waals surface area contributed by atoms with E-state index < -0.39 is 0 Å². The molecule has 2 amide bonds. The maximum Gasteiger partial charge on any atom is 0.251 e. The topological polar surface area (TPSA) is 81.0 Å². The zero-order valence-corrected chi connectivity index (χ0v) is 19.0. The number of carbonyl (C=O) groups excluding carboxylic acids is 2. The minimum absolute atomic E-state index is 0.00203. The number of aryl methyl sites for hydroxylation is 2. The standard InChI is InChI=1S/C23H27N5O2S/c1-5-27-20(13-24-22(30)18-11-7-6-9-16(18)3)26-28(23(27)31)14-21(29)25-19-12-8-10-15(2)17(19)4/h6-12H,5,13-14H2,1-4H3,(H,24,30)(H,25,29). The average molecular weight is 438 g/mol. The third-order valence-corrected chi connectivity index (χ3v) is 5.72. The van der Waals surface area contributed by atoms with Crippen molar-refractivity contribution >= 4 is 29.7 Å². The van der Waals surface area contributed by atoms with E-state index in [-0.39, 0.29) is 24.9 Å². The molecule has 2 aromatic carbocycles. The first-order valence-corrected chi connectivity index (χ1v) is 10.6. The molecule has 0 atom stereocenters. The minimum Gasteiger partial charge on any atom is -0.345 e. The van der Waals surface area contributed by atoms with Gasteiger partial charge in [0.15, 0.2) is 10.6 Å². The van der Waals surface area contributed by atoms with E-state index >= 15 is 0 Å². The molecule has 0 aliphatic carbocycles. The van der Waals surface area contributed by atoms with E-state index in [0.29, 0.717) is 22.7 Å².